The van der Waals surface area contributed by atoms with Crippen molar-refractivity contribution in [2.24, 2.45) is 11.7 Å². The van der Waals surface area contributed by atoms with Gasteiger partial charge in [-0.05, 0) is 51.1 Å². The Morgan fingerprint density at radius 3 is 2.87 bits per heavy atom. The van der Waals surface area contributed by atoms with E-state index in [1.165, 1.54) is 45.2 Å². The fraction of sp³-hybridized carbons (Fsp3) is 1.00. The van der Waals surface area contributed by atoms with Gasteiger partial charge >= 0.3 is 0 Å². The summed E-state index contributed by atoms with van der Waals surface area (Å²) in [6.07, 6.45) is 6.98. The average molecular weight is 212 g/mol. The molecule has 0 saturated carbocycles. The van der Waals surface area contributed by atoms with Crippen molar-refractivity contribution in [2.45, 2.75) is 38.2 Å². The molecule has 2 aliphatic rings. The van der Waals surface area contributed by atoms with Crippen molar-refractivity contribution in [3.05, 3.63) is 0 Å². The van der Waals surface area contributed by atoms with Crippen LogP contribution in [0.2, 0.25) is 0 Å². The van der Waals surface area contributed by atoms with Crippen molar-refractivity contribution in [1.82, 2.24) is 4.90 Å². The van der Waals surface area contributed by atoms with Gasteiger partial charge < -0.3 is 15.4 Å². The van der Waals surface area contributed by atoms with Gasteiger partial charge in [-0.1, -0.05) is 0 Å². The van der Waals surface area contributed by atoms with E-state index in [-0.39, 0.29) is 0 Å². The maximum atomic E-state index is 5.78. The molecule has 2 heterocycles. The lowest BCUT2D eigenvalue weighted by Gasteiger charge is -2.35. The SMILES string of the molecule is NCC1CCCN(CC2CCCCO2)C1. The third-order valence-electron chi connectivity index (χ3n) is 3.67. The first kappa shape index (κ1) is 11.4. The molecule has 2 atom stereocenters. The summed E-state index contributed by atoms with van der Waals surface area (Å²) in [6.45, 7) is 5.39. The average Bonchev–Trinajstić information content (AvgIpc) is 2.31. The second kappa shape index (κ2) is 5.83. The number of likely N-dealkylation sites (tertiary alicyclic amines) is 1. The molecule has 3 nitrogen and oxygen atoms in total. The Hall–Kier alpha value is -0.120. The summed E-state index contributed by atoms with van der Waals surface area (Å²) in [5, 5.41) is 0. The number of nitrogens with two attached hydrogens (primary N) is 1. The van der Waals surface area contributed by atoms with Gasteiger partial charge in [-0.15, -0.1) is 0 Å². The van der Waals surface area contributed by atoms with E-state index in [9.17, 15) is 0 Å². The van der Waals surface area contributed by atoms with Crippen molar-refractivity contribution in [3.8, 4) is 0 Å². The first-order valence-corrected chi connectivity index (χ1v) is 6.42. The molecule has 2 saturated heterocycles. The summed E-state index contributed by atoms with van der Waals surface area (Å²) in [5.41, 5.74) is 5.74. The maximum absolute atomic E-state index is 5.78. The van der Waals surface area contributed by atoms with Crippen molar-refractivity contribution < 1.29 is 4.74 Å². The van der Waals surface area contributed by atoms with Crippen LogP contribution in [0.25, 0.3) is 0 Å². The van der Waals surface area contributed by atoms with Gasteiger partial charge in [-0.2, -0.15) is 0 Å². The molecule has 15 heavy (non-hydrogen) atoms. The second-order valence-electron chi connectivity index (χ2n) is 4.99. The third-order valence-corrected chi connectivity index (χ3v) is 3.67. The summed E-state index contributed by atoms with van der Waals surface area (Å²) in [5.74, 6) is 0.724. The van der Waals surface area contributed by atoms with E-state index in [0.29, 0.717) is 6.10 Å². The van der Waals surface area contributed by atoms with Crippen LogP contribution < -0.4 is 5.73 Å². The molecule has 0 bridgehead atoms. The normalized spacial score (nSPS) is 34.2. The maximum Gasteiger partial charge on any atom is 0.0702 e. The Labute approximate surface area is 93.0 Å². The standard InChI is InChI=1S/C12H24N2O/c13-8-11-4-3-6-14(9-11)10-12-5-1-2-7-15-12/h11-12H,1-10,13H2. The summed E-state index contributed by atoms with van der Waals surface area (Å²) in [6, 6.07) is 0. The first-order chi connectivity index (χ1) is 7.38. The minimum atomic E-state index is 0.496. The van der Waals surface area contributed by atoms with Crippen LogP contribution in [0.15, 0.2) is 0 Å². The molecular weight excluding hydrogens is 188 g/mol. The molecule has 0 radical (unpaired) electrons. The van der Waals surface area contributed by atoms with E-state index >= 15 is 0 Å². The highest BCUT2D eigenvalue weighted by Gasteiger charge is 2.22. The molecule has 0 aromatic rings. The van der Waals surface area contributed by atoms with Gasteiger partial charge in [0.25, 0.3) is 0 Å². The van der Waals surface area contributed by atoms with Crippen molar-refractivity contribution in [2.75, 3.05) is 32.8 Å². The van der Waals surface area contributed by atoms with E-state index in [1.54, 1.807) is 0 Å². The van der Waals surface area contributed by atoms with Gasteiger partial charge in [0.1, 0.15) is 0 Å². The molecule has 2 aliphatic heterocycles. The third kappa shape index (κ3) is 3.44. The molecule has 0 aromatic heterocycles. The lowest BCUT2D eigenvalue weighted by atomic mass is 9.97. The molecule has 0 spiro atoms. The minimum Gasteiger partial charge on any atom is -0.377 e. The highest BCUT2D eigenvalue weighted by atomic mass is 16.5. The second-order valence-corrected chi connectivity index (χ2v) is 4.99. The monoisotopic (exact) mass is 212 g/mol. The Kier molecular flexibility index (Phi) is 4.42. The van der Waals surface area contributed by atoms with Gasteiger partial charge in [0, 0.05) is 19.7 Å². The molecule has 2 fully saturated rings. The van der Waals surface area contributed by atoms with Crippen molar-refractivity contribution in [3.63, 3.8) is 0 Å². The van der Waals surface area contributed by atoms with Gasteiger partial charge in [-0.25, -0.2) is 0 Å². The number of piperidine rings is 1. The van der Waals surface area contributed by atoms with Crippen molar-refractivity contribution in [1.29, 1.82) is 0 Å². The molecule has 0 aliphatic carbocycles. The molecule has 2 N–H and O–H groups in total. The zero-order valence-electron chi connectivity index (χ0n) is 9.66. The van der Waals surface area contributed by atoms with E-state index in [4.69, 9.17) is 10.5 Å². The summed E-state index contributed by atoms with van der Waals surface area (Å²) < 4.78 is 5.78. The zero-order valence-corrected chi connectivity index (χ0v) is 9.66. The summed E-state index contributed by atoms with van der Waals surface area (Å²) in [4.78, 5) is 2.55. The van der Waals surface area contributed by atoms with Crippen LogP contribution >= 0.6 is 0 Å². The Bertz CT molecular complexity index is 180. The van der Waals surface area contributed by atoms with Gasteiger partial charge in [0.15, 0.2) is 0 Å². The Morgan fingerprint density at radius 2 is 2.13 bits per heavy atom. The largest absolute Gasteiger partial charge is 0.377 e. The number of ether oxygens (including phenoxy) is 1. The molecule has 3 heteroatoms. The number of rotatable bonds is 3. The molecule has 2 unspecified atom stereocenters. The molecule has 0 amide bonds. The van der Waals surface area contributed by atoms with Crippen LogP contribution in [-0.4, -0.2) is 43.8 Å². The van der Waals surface area contributed by atoms with Crippen LogP contribution in [0.4, 0.5) is 0 Å². The quantitative estimate of drug-likeness (QED) is 0.764. The Balaban J connectivity index is 1.72. The zero-order chi connectivity index (χ0) is 10.5. The minimum absolute atomic E-state index is 0.496. The fourth-order valence-corrected chi connectivity index (χ4v) is 2.75. The van der Waals surface area contributed by atoms with Crippen LogP contribution in [0.5, 0.6) is 0 Å². The number of hydrogen-bond donors (Lipinski definition) is 1. The van der Waals surface area contributed by atoms with Crippen LogP contribution in [-0.2, 0) is 4.74 Å². The van der Waals surface area contributed by atoms with E-state index in [2.05, 4.69) is 4.90 Å². The van der Waals surface area contributed by atoms with E-state index in [1.807, 2.05) is 0 Å². The first-order valence-electron chi connectivity index (χ1n) is 6.42. The van der Waals surface area contributed by atoms with Crippen LogP contribution in [0, 0.1) is 5.92 Å². The summed E-state index contributed by atoms with van der Waals surface area (Å²) in [7, 11) is 0. The molecule has 2 rings (SSSR count). The molecule has 0 aromatic carbocycles. The number of hydrogen-bond acceptors (Lipinski definition) is 3. The predicted octanol–water partition coefficient (Wildman–Crippen LogP) is 1.23. The van der Waals surface area contributed by atoms with Crippen LogP contribution in [0.3, 0.4) is 0 Å². The van der Waals surface area contributed by atoms with Gasteiger partial charge in [0.2, 0.25) is 0 Å². The predicted molar refractivity (Wildman–Crippen MR) is 61.8 cm³/mol. The van der Waals surface area contributed by atoms with Crippen LogP contribution in [0.1, 0.15) is 32.1 Å². The molecular formula is C12H24N2O. The lowest BCUT2D eigenvalue weighted by Crippen LogP contribution is -2.43. The smallest absolute Gasteiger partial charge is 0.0702 e. The lowest BCUT2D eigenvalue weighted by molar-refractivity contribution is -0.0123. The highest BCUT2D eigenvalue weighted by molar-refractivity contribution is 4.77. The fourth-order valence-electron chi connectivity index (χ4n) is 2.75. The Morgan fingerprint density at radius 1 is 1.20 bits per heavy atom. The topological polar surface area (TPSA) is 38.5 Å². The highest BCUT2D eigenvalue weighted by Crippen LogP contribution is 2.19. The van der Waals surface area contributed by atoms with Gasteiger partial charge in [0.05, 0.1) is 6.10 Å². The van der Waals surface area contributed by atoms with E-state index < -0.39 is 0 Å². The molecule has 88 valence electrons. The summed E-state index contributed by atoms with van der Waals surface area (Å²) >= 11 is 0. The number of nitrogens with zero attached hydrogens (tertiary/aromatic N) is 1. The van der Waals surface area contributed by atoms with Crippen molar-refractivity contribution >= 4 is 0 Å². The van der Waals surface area contributed by atoms with Gasteiger partial charge in [-0.3, -0.25) is 0 Å². The van der Waals surface area contributed by atoms with E-state index in [0.717, 1.165) is 25.6 Å².